The number of anilines is 1. The zero-order valence-electron chi connectivity index (χ0n) is 11.1. The van der Waals surface area contributed by atoms with Crippen LogP contribution in [0.15, 0.2) is 35.7 Å². The minimum Gasteiger partial charge on any atom is -0.478 e. The van der Waals surface area contributed by atoms with Crippen LogP contribution in [0.3, 0.4) is 0 Å². The molecule has 1 amide bonds. The summed E-state index contributed by atoms with van der Waals surface area (Å²) in [5, 5.41) is 13.7. The van der Waals surface area contributed by atoms with Crippen molar-refractivity contribution < 1.29 is 14.7 Å². The lowest BCUT2D eigenvalue weighted by molar-refractivity contribution is -0.116. The highest BCUT2D eigenvalue weighted by molar-refractivity contribution is 7.14. The average molecular weight is 289 g/mol. The van der Waals surface area contributed by atoms with E-state index in [1.165, 1.54) is 17.4 Å². The van der Waals surface area contributed by atoms with Gasteiger partial charge in [0, 0.05) is 6.42 Å². The van der Waals surface area contributed by atoms with Gasteiger partial charge in [0.15, 0.2) is 0 Å². The topological polar surface area (TPSA) is 66.4 Å². The fourth-order valence-electron chi connectivity index (χ4n) is 1.90. The first kappa shape index (κ1) is 14.3. The maximum atomic E-state index is 11.9. The van der Waals surface area contributed by atoms with Crippen molar-refractivity contribution in [2.75, 3.05) is 5.32 Å². The van der Waals surface area contributed by atoms with Gasteiger partial charge in [-0.25, -0.2) is 4.79 Å². The third-order valence-corrected chi connectivity index (χ3v) is 3.86. The van der Waals surface area contributed by atoms with E-state index < -0.39 is 5.97 Å². The summed E-state index contributed by atoms with van der Waals surface area (Å²) in [6.45, 7) is 2.01. The maximum Gasteiger partial charge on any atom is 0.338 e. The number of hydrogen-bond donors (Lipinski definition) is 2. The molecule has 0 aliphatic carbocycles. The van der Waals surface area contributed by atoms with Crippen LogP contribution in [0.2, 0.25) is 0 Å². The Labute approximate surface area is 121 Å². The third kappa shape index (κ3) is 3.45. The molecule has 2 aromatic rings. The molecule has 0 atom stereocenters. The van der Waals surface area contributed by atoms with E-state index in [1.807, 2.05) is 31.2 Å². The van der Waals surface area contributed by atoms with Gasteiger partial charge in [-0.3, -0.25) is 4.79 Å². The van der Waals surface area contributed by atoms with E-state index in [2.05, 4.69) is 5.32 Å². The number of rotatable bonds is 5. The molecular formula is C15H15NO3S. The van der Waals surface area contributed by atoms with Crippen LogP contribution in [0.1, 0.15) is 27.9 Å². The molecule has 0 bridgehead atoms. The summed E-state index contributed by atoms with van der Waals surface area (Å²) in [5.74, 6) is -1.20. The van der Waals surface area contributed by atoms with Gasteiger partial charge in [0.05, 0.1) is 5.56 Å². The fourth-order valence-corrected chi connectivity index (χ4v) is 2.70. The Bertz CT molecular complexity index is 634. The van der Waals surface area contributed by atoms with E-state index in [9.17, 15) is 9.59 Å². The zero-order valence-corrected chi connectivity index (χ0v) is 11.9. The fraction of sp³-hybridized carbons (Fsp3) is 0.200. The van der Waals surface area contributed by atoms with Gasteiger partial charge in [-0.05, 0) is 35.9 Å². The molecule has 4 nitrogen and oxygen atoms in total. The van der Waals surface area contributed by atoms with E-state index in [1.54, 1.807) is 5.38 Å². The second-order valence-electron chi connectivity index (χ2n) is 4.44. The van der Waals surface area contributed by atoms with Crippen LogP contribution >= 0.6 is 11.3 Å². The minimum atomic E-state index is -1.03. The first-order valence-electron chi connectivity index (χ1n) is 6.23. The summed E-state index contributed by atoms with van der Waals surface area (Å²) in [6.07, 6.45) is 0.980. The summed E-state index contributed by atoms with van der Waals surface area (Å²) in [7, 11) is 0. The lowest BCUT2D eigenvalue weighted by Gasteiger charge is -2.06. The molecule has 0 spiro atoms. The van der Waals surface area contributed by atoms with Crippen molar-refractivity contribution >= 4 is 28.2 Å². The number of carboxylic acid groups (broad SMARTS) is 1. The van der Waals surface area contributed by atoms with Crippen LogP contribution in [0, 0.1) is 6.92 Å². The maximum absolute atomic E-state index is 11.9. The van der Waals surface area contributed by atoms with Gasteiger partial charge in [0.2, 0.25) is 5.91 Å². The number of aromatic carboxylic acids is 1. The number of nitrogens with one attached hydrogen (secondary N) is 1. The van der Waals surface area contributed by atoms with Crippen LogP contribution in [-0.4, -0.2) is 17.0 Å². The van der Waals surface area contributed by atoms with Crippen LogP contribution in [-0.2, 0) is 11.2 Å². The third-order valence-electron chi connectivity index (χ3n) is 3.03. The van der Waals surface area contributed by atoms with Gasteiger partial charge in [-0.2, -0.15) is 0 Å². The van der Waals surface area contributed by atoms with Crippen molar-refractivity contribution in [2.45, 2.75) is 19.8 Å². The molecule has 0 saturated carbocycles. The van der Waals surface area contributed by atoms with Crippen LogP contribution in [0.5, 0.6) is 0 Å². The second kappa shape index (κ2) is 6.34. The highest BCUT2D eigenvalue weighted by Gasteiger charge is 2.13. The van der Waals surface area contributed by atoms with E-state index in [0.29, 0.717) is 17.8 Å². The molecule has 0 radical (unpaired) electrons. The van der Waals surface area contributed by atoms with Crippen molar-refractivity contribution in [3.8, 4) is 0 Å². The summed E-state index contributed by atoms with van der Waals surface area (Å²) in [6, 6.07) is 9.40. The molecular weight excluding hydrogens is 274 g/mol. The molecule has 0 saturated heterocycles. The van der Waals surface area contributed by atoms with Crippen LogP contribution < -0.4 is 5.32 Å². The second-order valence-corrected chi connectivity index (χ2v) is 5.36. The Morgan fingerprint density at radius 2 is 2.00 bits per heavy atom. The zero-order chi connectivity index (χ0) is 14.5. The Balaban J connectivity index is 1.95. The number of amides is 1. The number of thiophene rings is 1. The van der Waals surface area contributed by atoms with E-state index >= 15 is 0 Å². The largest absolute Gasteiger partial charge is 0.478 e. The van der Waals surface area contributed by atoms with E-state index in [4.69, 9.17) is 5.11 Å². The molecule has 20 heavy (non-hydrogen) atoms. The lowest BCUT2D eigenvalue weighted by Crippen LogP contribution is -2.13. The average Bonchev–Trinajstić information content (AvgIpc) is 2.86. The molecule has 1 heterocycles. The number of carbonyl (C=O) groups excluding carboxylic acids is 1. The Kier molecular flexibility index (Phi) is 4.53. The summed E-state index contributed by atoms with van der Waals surface area (Å²) in [4.78, 5) is 22.8. The lowest BCUT2D eigenvalue weighted by atomic mass is 10.0. The number of benzene rings is 1. The first-order valence-corrected chi connectivity index (χ1v) is 7.11. The normalized spacial score (nSPS) is 10.2. The van der Waals surface area contributed by atoms with Gasteiger partial charge in [0.25, 0.3) is 0 Å². The highest BCUT2D eigenvalue weighted by Crippen LogP contribution is 2.23. The molecule has 5 heteroatoms. The predicted octanol–water partition coefficient (Wildman–Crippen LogP) is 3.33. The smallest absolute Gasteiger partial charge is 0.338 e. The molecule has 104 valence electrons. The first-order chi connectivity index (χ1) is 9.58. The molecule has 1 aromatic carbocycles. The number of carbonyl (C=O) groups is 2. The number of hydrogen-bond acceptors (Lipinski definition) is 3. The summed E-state index contributed by atoms with van der Waals surface area (Å²) < 4.78 is 0. The van der Waals surface area contributed by atoms with Crippen molar-refractivity contribution in [2.24, 2.45) is 0 Å². The van der Waals surface area contributed by atoms with Crippen LogP contribution in [0.25, 0.3) is 0 Å². The van der Waals surface area contributed by atoms with Crippen molar-refractivity contribution in [3.05, 3.63) is 52.4 Å². The van der Waals surface area contributed by atoms with Gasteiger partial charge >= 0.3 is 5.97 Å². The Morgan fingerprint density at radius 3 is 2.70 bits per heavy atom. The quantitative estimate of drug-likeness (QED) is 0.887. The highest BCUT2D eigenvalue weighted by atomic mass is 32.1. The van der Waals surface area contributed by atoms with Gasteiger partial charge < -0.3 is 10.4 Å². The standard InChI is InChI=1S/C15H15NO3S/c1-10-4-2-3-5-11(10)6-7-13(17)16-14-12(15(18)19)8-9-20-14/h2-5,8-9H,6-7H2,1H3,(H,16,17)(H,18,19). The van der Waals surface area contributed by atoms with Gasteiger partial charge in [0.1, 0.15) is 5.00 Å². The predicted molar refractivity (Wildman–Crippen MR) is 79.4 cm³/mol. The van der Waals surface area contributed by atoms with Crippen LogP contribution in [0.4, 0.5) is 5.00 Å². The Morgan fingerprint density at radius 1 is 1.25 bits per heavy atom. The monoisotopic (exact) mass is 289 g/mol. The van der Waals surface area contributed by atoms with E-state index in [-0.39, 0.29) is 11.5 Å². The van der Waals surface area contributed by atoms with Crippen molar-refractivity contribution in [3.63, 3.8) is 0 Å². The molecule has 2 N–H and O–H groups in total. The van der Waals surface area contributed by atoms with Gasteiger partial charge in [-0.1, -0.05) is 24.3 Å². The SMILES string of the molecule is Cc1ccccc1CCC(=O)Nc1sccc1C(=O)O. The summed E-state index contributed by atoms with van der Waals surface area (Å²) in [5.41, 5.74) is 2.43. The number of aryl methyl sites for hydroxylation is 2. The molecule has 2 rings (SSSR count). The molecule has 0 fully saturated rings. The molecule has 0 aliphatic heterocycles. The Hall–Kier alpha value is -2.14. The molecule has 0 aliphatic rings. The van der Waals surface area contributed by atoms with Crippen molar-refractivity contribution in [1.29, 1.82) is 0 Å². The van der Waals surface area contributed by atoms with Gasteiger partial charge in [-0.15, -0.1) is 11.3 Å². The number of carboxylic acids is 1. The molecule has 1 aromatic heterocycles. The minimum absolute atomic E-state index is 0.138. The van der Waals surface area contributed by atoms with Crippen molar-refractivity contribution in [1.82, 2.24) is 0 Å². The summed E-state index contributed by atoms with van der Waals surface area (Å²) >= 11 is 1.22. The molecule has 0 unspecified atom stereocenters. The van der Waals surface area contributed by atoms with E-state index in [0.717, 1.165) is 11.1 Å².